The molecule has 1 saturated heterocycles. The van der Waals surface area contributed by atoms with E-state index in [0.29, 0.717) is 11.6 Å². The summed E-state index contributed by atoms with van der Waals surface area (Å²) in [6.45, 7) is 0.795. The van der Waals surface area contributed by atoms with E-state index in [9.17, 15) is 4.39 Å². The Kier molecular flexibility index (Phi) is 2.79. The second-order valence-electron chi connectivity index (χ2n) is 3.66. The van der Waals surface area contributed by atoms with Gasteiger partial charge in [-0.2, -0.15) is 0 Å². The van der Waals surface area contributed by atoms with Gasteiger partial charge in [0, 0.05) is 11.6 Å². The molecule has 0 radical (unpaired) electrons. The molecule has 1 heterocycles. The molecule has 1 aliphatic rings. The van der Waals surface area contributed by atoms with Crippen LogP contribution in [0.4, 0.5) is 4.39 Å². The lowest BCUT2D eigenvalue weighted by Crippen LogP contribution is -2.13. The van der Waals surface area contributed by atoms with Crippen molar-refractivity contribution in [2.24, 2.45) is 0 Å². The van der Waals surface area contributed by atoms with Crippen molar-refractivity contribution in [1.29, 1.82) is 0 Å². The van der Waals surface area contributed by atoms with E-state index >= 15 is 0 Å². The predicted octanol–water partition coefficient (Wildman–Crippen LogP) is 1.74. The predicted molar refractivity (Wildman–Crippen MR) is 52.3 cm³/mol. The number of hydrogen-bond donors (Lipinski definition) is 2. The van der Waals surface area contributed by atoms with Crippen molar-refractivity contribution in [3.8, 4) is 0 Å². The van der Waals surface area contributed by atoms with Crippen LogP contribution in [0.15, 0.2) is 18.2 Å². The summed E-state index contributed by atoms with van der Waals surface area (Å²) in [7, 11) is 0. The van der Waals surface area contributed by atoms with Crippen molar-refractivity contribution in [2.75, 3.05) is 6.54 Å². The molecule has 0 aliphatic carbocycles. The molecule has 1 aromatic rings. The van der Waals surface area contributed by atoms with E-state index in [0.717, 1.165) is 24.9 Å². The standard InChI is InChI=1S/C11H14FNO/c12-10-4-3-8(6-9(10)7-14)11-2-1-5-13-11/h3-4,6,11,13-14H,1-2,5,7H2/t11-/m0/s1. The first-order valence-corrected chi connectivity index (χ1v) is 4.94. The Morgan fingerprint density at radius 3 is 3.00 bits per heavy atom. The first-order valence-electron chi connectivity index (χ1n) is 4.94. The van der Waals surface area contributed by atoms with Crippen LogP contribution in [0, 0.1) is 5.82 Å². The van der Waals surface area contributed by atoms with Crippen molar-refractivity contribution in [3.05, 3.63) is 35.1 Å². The number of benzene rings is 1. The van der Waals surface area contributed by atoms with Gasteiger partial charge in [0.25, 0.3) is 0 Å². The van der Waals surface area contributed by atoms with E-state index in [2.05, 4.69) is 5.32 Å². The highest BCUT2D eigenvalue weighted by Crippen LogP contribution is 2.24. The van der Waals surface area contributed by atoms with Crippen molar-refractivity contribution in [2.45, 2.75) is 25.5 Å². The second-order valence-corrected chi connectivity index (χ2v) is 3.66. The summed E-state index contributed by atoms with van der Waals surface area (Å²) in [5, 5.41) is 12.3. The Morgan fingerprint density at radius 1 is 1.50 bits per heavy atom. The van der Waals surface area contributed by atoms with Crippen LogP contribution in [0.25, 0.3) is 0 Å². The maximum absolute atomic E-state index is 13.1. The van der Waals surface area contributed by atoms with Gasteiger partial charge in [0.05, 0.1) is 6.61 Å². The Labute approximate surface area is 82.8 Å². The topological polar surface area (TPSA) is 32.3 Å². The van der Waals surface area contributed by atoms with Gasteiger partial charge in [-0.25, -0.2) is 4.39 Å². The maximum atomic E-state index is 13.1. The second kappa shape index (κ2) is 4.07. The van der Waals surface area contributed by atoms with Crippen LogP contribution < -0.4 is 5.32 Å². The molecule has 14 heavy (non-hydrogen) atoms. The first kappa shape index (κ1) is 9.62. The lowest BCUT2D eigenvalue weighted by Gasteiger charge is -2.11. The summed E-state index contributed by atoms with van der Waals surface area (Å²) >= 11 is 0. The molecule has 0 amide bonds. The van der Waals surface area contributed by atoms with E-state index in [1.165, 1.54) is 6.07 Å². The van der Waals surface area contributed by atoms with Gasteiger partial charge >= 0.3 is 0 Å². The van der Waals surface area contributed by atoms with Gasteiger partial charge in [-0.3, -0.25) is 0 Å². The highest BCUT2D eigenvalue weighted by Gasteiger charge is 2.16. The minimum atomic E-state index is -0.325. The third-order valence-corrected chi connectivity index (χ3v) is 2.70. The molecule has 1 atom stereocenters. The molecule has 0 unspecified atom stereocenters. The lowest BCUT2D eigenvalue weighted by atomic mass is 10.0. The van der Waals surface area contributed by atoms with Crippen LogP contribution in [0.2, 0.25) is 0 Å². The largest absolute Gasteiger partial charge is 0.392 e. The van der Waals surface area contributed by atoms with Crippen molar-refractivity contribution < 1.29 is 9.50 Å². The Morgan fingerprint density at radius 2 is 2.36 bits per heavy atom. The minimum absolute atomic E-state index is 0.230. The van der Waals surface area contributed by atoms with Crippen LogP contribution >= 0.6 is 0 Å². The summed E-state index contributed by atoms with van der Waals surface area (Å²) in [5.41, 5.74) is 1.46. The molecule has 3 heteroatoms. The lowest BCUT2D eigenvalue weighted by molar-refractivity contribution is 0.275. The highest BCUT2D eigenvalue weighted by molar-refractivity contribution is 5.27. The summed E-state index contributed by atoms with van der Waals surface area (Å²) in [6.07, 6.45) is 2.26. The fourth-order valence-corrected chi connectivity index (χ4v) is 1.90. The van der Waals surface area contributed by atoms with E-state index in [1.807, 2.05) is 0 Å². The van der Waals surface area contributed by atoms with Crippen molar-refractivity contribution in [3.63, 3.8) is 0 Å². The van der Waals surface area contributed by atoms with Crippen molar-refractivity contribution >= 4 is 0 Å². The Bertz CT molecular complexity index is 321. The van der Waals surface area contributed by atoms with Crippen LogP contribution in [0.5, 0.6) is 0 Å². The number of halogens is 1. The molecule has 0 saturated carbocycles. The molecule has 1 aromatic carbocycles. The van der Waals surface area contributed by atoms with E-state index < -0.39 is 0 Å². The summed E-state index contributed by atoms with van der Waals surface area (Å²) in [5.74, 6) is -0.325. The monoisotopic (exact) mass is 195 g/mol. The van der Waals surface area contributed by atoms with Gasteiger partial charge in [0.2, 0.25) is 0 Å². The van der Waals surface area contributed by atoms with Gasteiger partial charge in [0.1, 0.15) is 5.82 Å². The molecule has 0 spiro atoms. The number of aliphatic hydroxyl groups excluding tert-OH is 1. The summed E-state index contributed by atoms with van der Waals surface area (Å²) < 4.78 is 13.1. The first-order chi connectivity index (χ1) is 6.81. The van der Waals surface area contributed by atoms with Gasteiger partial charge < -0.3 is 10.4 Å². The third kappa shape index (κ3) is 1.79. The Hall–Kier alpha value is -0.930. The molecule has 1 fully saturated rings. The van der Waals surface area contributed by atoms with Crippen LogP contribution in [0.3, 0.4) is 0 Å². The van der Waals surface area contributed by atoms with Gasteiger partial charge in [-0.05, 0) is 37.1 Å². The molecule has 76 valence electrons. The maximum Gasteiger partial charge on any atom is 0.128 e. The van der Waals surface area contributed by atoms with E-state index in [-0.39, 0.29) is 12.4 Å². The summed E-state index contributed by atoms with van der Waals surface area (Å²) in [4.78, 5) is 0. The SMILES string of the molecule is OCc1cc([C@@H]2CCCN2)ccc1F. The van der Waals surface area contributed by atoms with E-state index in [4.69, 9.17) is 5.11 Å². The summed E-state index contributed by atoms with van der Waals surface area (Å²) in [6, 6.07) is 5.30. The highest BCUT2D eigenvalue weighted by atomic mass is 19.1. The molecule has 0 bridgehead atoms. The number of aliphatic hydroxyl groups is 1. The Balaban J connectivity index is 2.25. The van der Waals surface area contributed by atoms with Gasteiger partial charge in [0.15, 0.2) is 0 Å². The molecular weight excluding hydrogens is 181 g/mol. The van der Waals surface area contributed by atoms with Crippen LogP contribution in [-0.4, -0.2) is 11.7 Å². The molecule has 1 aliphatic heterocycles. The minimum Gasteiger partial charge on any atom is -0.392 e. The zero-order chi connectivity index (χ0) is 9.97. The fraction of sp³-hybridized carbons (Fsp3) is 0.455. The third-order valence-electron chi connectivity index (χ3n) is 2.70. The normalized spacial score (nSPS) is 21.4. The number of hydrogen-bond acceptors (Lipinski definition) is 2. The number of rotatable bonds is 2. The molecule has 2 nitrogen and oxygen atoms in total. The van der Waals surface area contributed by atoms with Gasteiger partial charge in [-0.15, -0.1) is 0 Å². The van der Waals surface area contributed by atoms with E-state index in [1.54, 1.807) is 12.1 Å². The zero-order valence-corrected chi connectivity index (χ0v) is 7.96. The van der Waals surface area contributed by atoms with Crippen LogP contribution in [-0.2, 0) is 6.61 Å². The molecule has 0 aromatic heterocycles. The average Bonchev–Trinajstić information content (AvgIpc) is 2.71. The molecule has 2 rings (SSSR count). The molecular formula is C11H14FNO. The number of nitrogens with one attached hydrogen (secondary N) is 1. The van der Waals surface area contributed by atoms with Gasteiger partial charge in [-0.1, -0.05) is 6.07 Å². The van der Waals surface area contributed by atoms with Crippen molar-refractivity contribution in [1.82, 2.24) is 5.32 Å². The quantitative estimate of drug-likeness (QED) is 0.753. The van der Waals surface area contributed by atoms with Crippen LogP contribution in [0.1, 0.15) is 30.0 Å². The zero-order valence-electron chi connectivity index (χ0n) is 7.96. The molecule has 2 N–H and O–H groups in total. The smallest absolute Gasteiger partial charge is 0.128 e. The fourth-order valence-electron chi connectivity index (χ4n) is 1.90. The average molecular weight is 195 g/mol.